The molecule has 1 aliphatic heterocycles. The molecule has 0 fully saturated rings. The molecule has 0 saturated carbocycles. The van der Waals surface area contributed by atoms with Crippen LogP contribution in [0.25, 0.3) is 16.5 Å². The van der Waals surface area contributed by atoms with E-state index in [1.165, 1.54) is 5.56 Å². The van der Waals surface area contributed by atoms with E-state index in [0.717, 1.165) is 29.4 Å². The van der Waals surface area contributed by atoms with Gasteiger partial charge < -0.3 is 14.8 Å². The molecular formula is C21H27FN4O. The molecule has 4 rings (SSSR count). The Morgan fingerprint density at radius 1 is 1.30 bits per heavy atom. The molecule has 1 aromatic carbocycles. The highest BCUT2D eigenvalue weighted by atomic mass is 19.1. The second-order valence-corrected chi connectivity index (χ2v) is 7.59. The van der Waals surface area contributed by atoms with Crippen LogP contribution in [0.1, 0.15) is 25.0 Å². The molecule has 0 saturated heterocycles. The van der Waals surface area contributed by atoms with Crippen LogP contribution in [0.15, 0.2) is 24.4 Å². The quantitative estimate of drug-likeness (QED) is 0.902. The first-order chi connectivity index (χ1) is 12.9. The van der Waals surface area contributed by atoms with Crippen LogP contribution in [0.2, 0.25) is 0 Å². The van der Waals surface area contributed by atoms with E-state index in [4.69, 9.17) is 0 Å². The van der Waals surface area contributed by atoms with Gasteiger partial charge >= 0.3 is 6.03 Å². The summed E-state index contributed by atoms with van der Waals surface area (Å²) >= 11 is 0. The lowest BCUT2D eigenvalue weighted by Crippen LogP contribution is -2.52. The molecule has 144 valence electrons. The second kappa shape index (κ2) is 6.68. The molecule has 1 aliphatic carbocycles. The fraction of sp³-hybridized carbons (Fsp3) is 0.476. The average Bonchev–Trinajstić information content (AvgIpc) is 2.95. The van der Waals surface area contributed by atoms with Crippen molar-refractivity contribution in [2.24, 2.45) is 7.05 Å². The van der Waals surface area contributed by atoms with Crippen LogP contribution < -0.4 is 5.32 Å². The van der Waals surface area contributed by atoms with Gasteiger partial charge in [0.15, 0.2) is 0 Å². The first-order valence-corrected chi connectivity index (χ1v) is 9.68. The molecule has 2 amide bonds. The van der Waals surface area contributed by atoms with E-state index in [1.807, 2.05) is 27.0 Å². The van der Waals surface area contributed by atoms with Gasteiger partial charge in [-0.25, -0.2) is 9.18 Å². The molecular weight excluding hydrogens is 343 g/mol. The third kappa shape index (κ3) is 2.83. The number of likely N-dealkylation sites (N-methyl/N-ethyl adjacent to an activating group) is 1. The van der Waals surface area contributed by atoms with E-state index in [1.54, 1.807) is 11.0 Å². The van der Waals surface area contributed by atoms with Gasteiger partial charge in [-0.2, -0.15) is 0 Å². The molecule has 0 radical (unpaired) electrons. The Balaban J connectivity index is 1.76. The Labute approximate surface area is 159 Å². The number of hydrogen-bond donors (Lipinski definition) is 1. The van der Waals surface area contributed by atoms with Gasteiger partial charge in [0.25, 0.3) is 0 Å². The molecule has 2 heterocycles. The third-order valence-electron chi connectivity index (χ3n) is 6.00. The van der Waals surface area contributed by atoms with Crippen molar-refractivity contribution < 1.29 is 9.18 Å². The van der Waals surface area contributed by atoms with Crippen LogP contribution in [0, 0.1) is 5.82 Å². The molecule has 0 spiro atoms. The lowest BCUT2D eigenvalue weighted by atomic mass is 9.81. The van der Waals surface area contributed by atoms with Crippen molar-refractivity contribution in [2.45, 2.75) is 32.4 Å². The molecule has 2 unspecified atom stereocenters. The lowest BCUT2D eigenvalue weighted by molar-refractivity contribution is 0.193. The molecule has 2 aromatic rings. The Bertz CT molecular complexity index is 928. The van der Waals surface area contributed by atoms with Crippen LogP contribution in [0.4, 0.5) is 9.18 Å². The van der Waals surface area contributed by atoms with E-state index in [0.29, 0.717) is 18.7 Å². The molecule has 2 atom stereocenters. The van der Waals surface area contributed by atoms with Gasteiger partial charge in [0.1, 0.15) is 5.82 Å². The maximum absolute atomic E-state index is 14.9. The van der Waals surface area contributed by atoms with Gasteiger partial charge in [-0.05, 0) is 50.6 Å². The van der Waals surface area contributed by atoms with E-state index in [9.17, 15) is 9.18 Å². The Morgan fingerprint density at radius 2 is 2.04 bits per heavy atom. The van der Waals surface area contributed by atoms with Crippen LogP contribution in [-0.4, -0.2) is 59.2 Å². The maximum Gasteiger partial charge on any atom is 0.317 e. The van der Waals surface area contributed by atoms with Crippen molar-refractivity contribution in [3.63, 3.8) is 0 Å². The number of urea groups is 1. The number of nitrogens with zero attached hydrogens (tertiary/aromatic N) is 3. The number of nitrogens with one attached hydrogen (secondary N) is 1. The van der Waals surface area contributed by atoms with Crippen molar-refractivity contribution in [1.82, 2.24) is 19.7 Å². The average molecular weight is 370 g/mol. The van der Waals surface area contributed by atoms with E-state index in [2.05, 4.69) is 34.1 Å². The minimum atomic E-state index is -0.185. The summed E-state index contributed by atoms with van der Waals surface area (Å²) < 4.78 is 17.0. The number of benzene rings is 1. The molecule has 1 N–H and O–H groups in total. The van der Waals surface area contributed by atoms with Crippen molar-refractivity contribution in [3.05, 3.63) is 41.3 Å². The number of halogens is 1. The standard InChI is InChI=1S/C21H27FN4O/c1-5-26(6-2)21(27)23-14-10-15-18(25(4)12-14)9-13-11-24(3)17-8-7-16(22)20(15)19(13)17/h7-8,10-11,14,18H,5-6,9,12H2,1-4H3,(H,23,27). The van der Waals surface area contributed by atoms with Gasteiger partial charge in [0.2, 0.25) is 0 Å². The number of carbonyl (C=O) groups excluding carboxylic acids is 1. The second-order valence-electron chi connectivity index (χ2n) is 7.59. The van der Waals surface area contributed by atoms with Gasteiger partial charge in [-0.15, -0.1) is 0 Å². The summed E-state index contributed by atoms with van der Waals surface area (Å²) in [6, 6.07) is 3.35. The maximum atomic E-state index is 14.9. The van der Waals surface area contributed by atoms with Crippen molar-refractivity contribution in [3.8, 4) is 0 Å². The van der Waals surface area contributed by atoms with Crippen molar-refractivity contribution in [2.75, 3.05) is 26.7 Å². The first-order valence-electron chi connectivity index (χ1n) is 9.68. The summed E-state index contributed by atoms with van der Waals surface area (Å²) in [5.41, 5.74) is 3.95. The third-order valence-corrected chi connectivity index (χ3v) is 6.00. The SMILES string of the molecule is CCN(CC)C(=O)NC1C=C2c3c(F)ccc4c3c(cn4C)CC2N(C)C1. The number of aromatic nitrogens is 1. The highest BCUT2D eigenvalue weighted by Gasteiger charge is 2.36. The number of aryl methyl sites for hydroxylation is 1. The number of amides is 2. The normalized spacial score (nSPS) is 21.7. The van der Waals surface area contributed by atoms with E-state index in [-0.39, 0.29) is 23.9 Å². The fourth-order valence-corrected chi connectivity index (χ4v) is 4.62. The summed E-state index contributed by atoms with van der Waals surface area (Å²) in [6.07, 6.45) is 5.05. The first kappa shape index (κ1) is 18.0. The molecule has 1 aromatic heterocycles. The molecule has 5 nitrogen and oxygen atoms in total. The zero-order chi connectivity index (χ0) is 19.3. The molecule has 2 aliphatic rings. The number of carbonyl (C=O) groups is 1. The topological polar surface area (TPSA) is 40.5 Å². The summed E-state index contributed by atoms with van der Waals surface area (Å²) in [4.78, 5) is 16.5. The number of hydrogen-bond acceptors (Lipinski definition) is 2. The predicted molar refractivity (Wildman–Crippen MR) is 106 cm³/mol. The smallest absolute Gasteiger partial charge is 0.317 e. The number of fused-ring (bicyclic) bond motifs is 2. The van der Waals surface area contributed by atoms with E-state index >= 15 is 0 Å². The Hall–Kier alpha value is -2.34. The van der Waals surface area contributed by atoms with Crippen LogP contribution in [0.5, 0.6) is 0 Å². The highest BCUT2D eigenvalue weighted by molar-refractivity contribution is 5.99. The largest absolute Gasteiger partial charge is 0.350 e. The van der Waals surface area contributed by atoms with E-state index < -0.39 is 0 Å². The monoisotopic (exact) mass is 370 g/mol. The Kier molecular flexibility index (Phi) is 4.46. The Morgan fingerprint density at radius 3 is 2.74 bits per heavy atom. The van der Waals surface area contributed by atoms with Gasteiger partial charge in [0, 0.05) is 55.4 Å². The molecule has 27 heavy (non-hydrogen) atoms. The summed E-state index contributed by atoms with van der Waals surface area (Å²) in [5.74, 6) is -0.185. The van der Waals surface area contributed by atoms with Crippen LogP contribution in [0.3, 0.4) is 0 Å². The van der Waals surface area contributed by atoms with Crippen molar-refractivity contribution in [1.29, 1.82) is 0 Å². The minimum Gasteiger partial charge on any atom is -0.350 e. The molecule has 6 heteroatoms. The van der Waals surface area contributed by atoms with Gasteiger partial charge in [0.05, 0.1) is 6.04 Å². The fourth-order valence-electron chi connectivity index (χ4n) is 4.62. The number of rotatable bonds is 3. The summed E-state index contributed by atoms with van der Waals surface area (Å²) in [7, 11) is 4.06. The summed E-state index contributed by atoms with van der Waals surface area (Å²) in [5, 5.41) is 4.12. The highest BCUT2D eigenvalue weighted by Crippen LogP contribution is 2.41. The lowest BCUT2D eigenvalue weighted by Gasteiger charge is -2.40. The summed E-state index contributed by atoms with van der Waals surface area (Å²) in [6.45, 7) is 6.01. The van der Waals surface area contributed by atoms with Crippen molar-refractivity contribution >= 4 is 22.5 Å². The minimum absolute atomic E-state index is 0.0661. The van der Waals surface area contributed by atoms with Crippen LogP contribution in [-0.2, 0) is 13.5 Å². The zero-order valence-electron chi connectivity index (χ0n) is 16.4. The van der Waals surface area contributed by atoms with Gasteiger partial charge in [-0.3, -0.25) is 4.90 Å². The van der Waals surface area contributed by atoms with Gasteiger partial charge in [-0.1, -0.05) is 6.08 Å². The zero-order valence-corrected chi connectivity index (χ0v) is 16.4. The molecule has 0 bridgehead atoms. The predicted octanol–water partition coefficient (Wildman–Crippen LogP) is 2.99. The van der Waals surface area contributed by atoms with Crippen LogP contribution >= 0.6 is 0 Å².